The molecule has 1 aromatic heterocycles. The largest absolute Gasteiger partial charge is 0.494 e. The van der Waals surface area contributed by atoms with E-state index < -0.39 is 0 Å². The first-order valence-electron chi connectivity index (χ1n) is 12.4. The highest BCUT2D eigenvalue weighted by atomic mass is 16.6. The monoisotopic (exact) mass is 508 g/mol. The van der Waals surface area contributed by atoms with Crippen molar-refractivity contribution in [1.29, 1.82) is 0 Å². The molecule has 0 aliphatic carbocycles. The van der Waals surface area contributed by atoms with Crippen molar-refractivity contribution in [3.63, 3.8) is 0 Å². The zero-order valence-electron chi connectivity index (χ0n) is 20.9. The number of fused-ring (bicyclic) bond motifs is 2. The normalized spacial score (nSPS) is 13.6. The van der Waals surface area contributed by atoms with Gasteiger partial charge in [0.15, 0.2) is 5.88 Å². The SMILES string of the molecule is CCC(=O)NCCOCCOCCOCCO/N=C1/C(c2c(O)[nH]c3ccccc23)=Nc2ccccc21. The number of carbonyl (C=O) groups is 1. The van der Waals surface area contributed by atoms with E-state index in [-0.39, 0.29) is 18.4 Å². The van der Waals surface area contributed by atoms with Crippen LogP contribution in [-0.4, -0.2) is 80.2 Å². The van der Waals surface area contributed by atoms with Crippen molar-refractivity contribution >= 4 is 33.9 Å². The lowest BCUT2D eigenvalue weighted by atomic mass is 10.0. The maximum absolute atomic E-state index is 11.1. The van der Waals surface area contributed by atoms with E-state index in [0.29, 0.717) is 69.6 Å². The number of aromatic amines is 1. The summed E-state index contributed by atoms with van der Waals surface area (Å²) in [4.78, 5) is 24.4. The topological polar surface area (TPSA) is 127 Å². The standard InChI is InChI=1S/C27H32N4O6/c1-2-23(32)28-11-12-34-13-14-35-15-16-36-17-18-37-31-25-20-8-4-6-10-22(20)29-26(25)24-19-7-3-5-9-21(19)30-27(24)33/h3-10,30,33H,2,11-18H2,1H3,(H,28,32)/b31-25+. The van der Waals surface area contributed by atoms with E-state index >= 15 is 0 Å². The summed E-state index contributed by atoms with van der Waals surface area (Å²) in [6.07, 6.45) is 0.473. The second kappa shape index (κ2) is 13.5. The predicted molar refractivity (Wildman–Crippen MR) is 141 cm³/mol. The Morgan fingerprint density at radius 2 is 1.62 bits per heavy atom. The van der Waals surface area contributed by atoms with E-state index in [0.717, 1.165) is 22.2 Å². The summed E-state index contributed by atoms with van der Waals surface area (Å²) < 4.78 is 16.4. The van der Waals surface area contributed by atoms with Gasteiger partial charge >= 0.3 is 0 Å². The highest BCUT2D eigenvalue weighted by Gasteiger charge is 2.29. The van der Waals surface area contributed by atoms with Gasteiger partial charge in [-0.1, -0.05) is 48.5 Å². The van der Waals surface area contributed by atoms with Crippen molar-refractivity contribution in [1.82, 2.24) is 10.3 Å². The quantitative estimate of drug-likeness (QED) is 0.214. The number of amides is 1. The molecule has 0 radical (unpaired) electrons. The third-order valence-electron chi connectivity index (χ3n) is 5.65. The first kappa shape index (κ1) is 26.3. The maximum Gasteiger partial charge on any atom is 0.219 e. The van der Waals surface area contributed by atoms with Crippen LogP contribution in [0.2, 0.25) is 0 Å². The minimum Gasteiger partial charge on any atom is -0.494 e. The van der Waals surface area contributed by atoms with Gasteiger partial charge in [0.1, 0.15) is 18.0 Å². The number of H-pyrrole nitrogens is 1. The molecule has 1 aliphatic rings. The Bertz CT molecular complexity index is 1250. The Hall–Kier alpha value is -3.73. The Kier molecular flexibility index (Phi) is 9.64. The lowest BCUT2D eigenvalue weighted by Gasteiger charge is -2.08. The zero-order chi connectivity index (χ0) is 25.9. The van der Waals surface area contributed by atoms with Gasteiger partial charge in [0.25, 0.3) is 0 Å². The minimum atomic E-state index is 0.0163. The third kappa shape index (κ3) is 6.94. The van der Waals surface area contributed by atoms with E-state index in [4.69, 9.17) is 24.0 Å². The fourth-order valence-corrected chi connectivity index (χ4v) is 3.84. The highest BCUT2D eigenvalue weighted by molar-refractivity contribution is 6.58. The highest BCUT2D eigenvalue weighted by Crippen LogP contribution is 2.35. The number of oxime groups is 1. The van der Waals surface area contributed by atoms with Crippen LogP contribution >= 0.6 is 0 Å². The van der Waals surface area contributed by atoms with Crippen LogP contribution in [0, 0.1) is 0 Å². The number of nitrogens with one attached hydrogen (secondary N) is 2. The molecule has 0 atom stereocenters. The fourth-order valence-electron chi connectivity index (χ4n) is 3.84. The molecule has 0 bridgehead atoms. The Balaban J connectivity index is 1.20. The Morgan fingerprint density at radius 1 is 0.946 bits per heavy atom. The maximum atomic E-state index is 11.1. The van der Waals surface area contributed by atoms with Crippen LogP contribution in [0.4, 0.5) is 5.69 Å². The molecular weight excluding hydrogens is 476 g/mol. The van der Waals surface area contributed by atoms with Gasteiger partial charge in [-0.2, -0.15) is 0 Å². The van der Waals surface area contributed by atoms with E-state index in [1.54, 1.807) is 0 Å². The van der Waals surface area contributed by atoms with Crippen molar-refractivity contribution in [2.24, 2.45) is 10.1 Å². The van der Waals surface area contributed by atoms with E-state index in [2.05, 4.69) is 15.5 Å². The summed E-state index contributed by atoms with van der Waals surface area (Å²) in [6, 6.07) is 15.3. The number of ether oxygens (including phenoxy) is 3. The summed E-state index contributed by atoms with van der Waals surface area (Å²) in [6.45, 7) is 5.15. The van der Waals surface area contributed by atoms with Gasteiger partial charge in [-0.05, 0) is 12.1 Å². The molecule has 0 spiro atoms. The number of para-hydroxylation sites is 2. The van der Waals surface area contributed by atoms with Gasteiger partial charge in [-0.3, -0.25) is 4.79 Å². The summed E-state index contributed by atoms with van der Waals surface area (Å²) >= 11 is 0. The van der Waals surface area contributed by atoms with Crippen LogP contribution in [0.25, 0.3) is 10.9 Å². The second-order valence-electron chi connectivity index (χ2n) is 8.19. The van der Waals surface area contributed by atoms with Gasteiger partial charge in [-0.25, -0.2) is 4.99 Å². The molecule has 0 saturated heterocycles. The molecule has 0 fully saturated rings. The van der Waals surface area contributed by atoms with Crippen LogP contribution in [0.5, 0.6) is 5.88 Å². The van der Waals surface area contributed by atoms with Crippen molar-refractivity contribution in [3.8, 4) is 5.88 Å². The minimum absolute atomic E-state index is 0.0163. The number of rotatable bonds is 15. The molecule has 0 unspecified atom stereocenters. The summed E-state index contributed by atoms with van der Waals surface area (Å²) in [5.41, 5.74) is 4.14. The summed E-state index contributed by atoms with van der Waals surface area (Å²) in [5, 5.41) is 18.6. The average Bonchev–Trinajstić information content (AvgIpc) is 3.44. The fraction of sp³-hybridized carbons (Fsp3) is 0.370. The molecule has 10 heteroatoms. The van der Waals surface area contributed by atoms with Gasteiger partial charge in [-0.15, -0.1) is 0 Å². The molecule has 10 nitrogen and oxygen atoms in total. The molecule has 1 aliphatic heterocycles. The second-order valence-corrected chi connectivity index (χ2v) is 8.19. The van der Waals surface area contributed by atoms with Crippen molar-refractivity contribution < 1.29 is 28.9 Å². The predicted octanol–water partition coefficient (Wildman–Crippen LogP) is 3.30. The lowest BCUT2D eigenvalue weighted by molar-refractivity contribution is -0.121. The number of aliphatic imine (C=N–C) groups is 1. The van der Waals surface area contributed by atoms with Gasteiger partial charge in [0.05, 0.1) is 50.9 Å². The number of nitrogens with zero attached hydrogens (tertiary/aromatic N) is 2. The van der Waals surface area contributed by atoms with Gasteiger partial charge < -0.3 is 34.5 Å². The van der Waals surface area contributed by atoms with E-state index in [9.17, 15) is 9.90 Å². The van der Waals surface area contributed by atoms with E-state index in [1.165, 1.54) is 0 Å². The smallest absolute Gasteiger partial charge is 0.219 e. The number of hydrogen-bond acceptors (Lipinski definition) is 8. The first-order valence-corrected chi connectivity index (χ1v) is 12.4. The molecule has 3 aromatic rings. The number of carbonyl (C=O) groups excluding carboxylic acids is 1. The average molecular weight is 509 g/mol. The molecule has 0 saturated carbocycles. The van der Waals surface area contributed by atoms with Crippen LogP contribution in [-0.2, 0) is 23.8 Å². The molecule has 4 rings (SSSR count). The molecule has 2 heterocycles. The number of aromatic nitrogens is 1. The van der Waals surface area contributed by atoms with Gasteiger partial charge in [0, 0.05) is 29.4 Å². The Morgan fingerprint density at radius 3 is 2.41 bits per heavy atom. The van der Waals surface area contributed by atoms with E-state index in [1.807, 2.05) is 55.5 Å². The van der Waals surface area contributed by atoms with Crippen LogP contribution in [0.3, 0.4) is 0 Å². The summed E-state index contributed by atoms with van der Waals surface area (Å²) in [5.74, 6) is 0.0556. The van der Waals surface area contributed by atoms with Crippen molar-refractivity contribution in [3.05, 3.63) is 59.7 Å². The molecule has 1 amide bonds. The first-order chi connectivity index (χ1) is 18.2. The molecule has 3 N–H and O–H groups in total. The molecule has 196 valence electrons. The van der Waals surface area contributed by atoms with Crippen LogP contribution in [0.15, 0.2) is 58.7 Å². The lowest BCUT2D eigenvalue weighted by Crippen LogP contribution is -2.26. The zero-order valence-corrected chi connectivity index (χ0v) is 20.9. The Labute approximate surface area is 215 Å². The molecule has 37 heavy (non-hydrogen) atoms. The van der Waals surface area contributed by atoms with Crippen LogP contribution in [0.1, 0.15) is 24.5 Å². The van der Waals surface area contributed by atoms with Crippen molar-refractivity contribution in [2.45, 2.75) is 13.3 Å². The third-order valence-corrected chi connectivity index (χ3v) is 5.65. The van der Waals surface area contributed by atoms with Gasteiger partial charge in [0.2, 0.25) is 5.91 Å². The number of hydrogen-bond donors (Lipinski definition) is 3. The number of benzene rings is 2. The molecular formula is C27H32N4O6. The van der Waals surface area contributed by atoms with Crippen LogP contribution < -0.4 is 5.32 Å². The van der Waals surface area contributed by atoms with Crippen molar-refractivity contribution in [2.75, 3.05) is 52.8 Å². The molecule has 2 aromatic carbocycles. The number of aromatic hydroxyl groups is 1. The summed E-state index contributed by atoms with van der Waals surface area (Å²) in [7, 11) is 0.